The summed E-state index contributed by atoms with van der Waals surface area (Å²) in [6.07, 6.45) is 7.17. The maximum Gasteiger partial charge on any atom is 0.255 e. The number of H-pyrrole nitrogens is 1. The number of nitrogens with one attached hydrogen (secondary N) is 3. The topological polar surface area (TPSA) is 91.9 Å². The van der Waals surface area contributed by atoms with E-state index in [-0.39, 0.29) is 11.9 Å². The van der Waals surface area contributed by atoms with Gasteiger partial charge >= 0.3 is 0 Å². The van der Waals surface area contributed by atoms with E-state index in [0.29, 0.717) is 56.0 Å². The molecule has 0 bridgehead atoms. The van der Waals surface area contributed by atoms with E-state index in [9.17, 15) is 4.79 Å². The Morgan fingerprint density at radius 2 is 1.91 bits per heavy atom. The Labute approximate surface area is 197 Å². The fourth-order valence-corrected chi connectivity index (χ4v) is 4.46. The van der Waals surface area contributed by atoms with Crippen molar-refractivity contribution in [2.75, 3.05) is 11.9 Å². The summed E-state index contributed by atoms with van der Waals surface area (Å²) in [4.78, 5) is 24.8. The lowest BCUT2D eigenvalue weighted by Crippen LogP contribution is -2.39. The van der Waals surface area contributed by atoms with Gasteiger partial charge in [-0.1, -0.05) is 37.0 Å². The molecule has 0 saturated heterocycles. The summed E-state index contributed by atoms with van der Waals surface area (Å²) >= 11 is 12.4. The quantitative estimate of drug-likeness (QED) is 0.400. The summed E-state index contributed by atoms with van der Waals surface area (Å²) < 4.78 is 5.77. The Morgan fingerprint density at radius 1 is 1.22 bits per heavy atom. The van der Waals surface area contributed by atoms with E-state index < -0.39 is 0 Å². The molecule has 4 rings (SSSR count). The summed E-state index contributed by atoms with van der Waals surface area (Å²) in [5.41, 5.74) is 2.70. The maximum absolute atomic E-state index is 13.1. The molecule has 0 radical (unpaired) electrons. The van der Waals surface area contributed by atoms with Gasteiger partial charge in [0.05, 0.1) is 38.9 Å². The molecule has 1 amide bonds. The smallest absolute Gasteiger partial charge is 0.255 e. The monoisotopic (exact) mass is 475 g/mol. The van der Waals surface area contributed by atoms with Gasteiger partial charge in [0, 0.05) is 24.5 Å². The number of ether oxygens (including phenoxy) is 1. The largest absolute Gasteiger partial charge is 0.493 e. The average Bonchev–Trinajstić information content (AvgIpc) is 3.13. The minimum atomic E-state index is -0.135. The second-order valence-electron chi connectivity index (χ2n) is 8.90. The highest BCUT2D eigenvalue weighted by Gasteiger charge is 2.28. The van der Waals surface area contributed by atoms with Crippen molar-refractivity contribution in [1.82, 2.24) is 20.3 Å². The Balaban J connectivity index is 1.59. The standard InChI is InChI=1S/C23H27Cl2N5O2/c1-4-32-19-10-18-17(28-22(29-18)30-20-15(24)11-26-12-16(20)25)9-14(19)21(31)27-13-5-7-23(2,3)8-6-13/h9-13H,4-8H2,1-3H3,(H,27,31)(H2,26,28,29,30). The van der Waals surface area contributed by atoms with Crippen LogP contribution in [0.25, 0.3) is 11.0 Å². The van der Waals surface area contributed by atoms with Crippen molar-refractivity contribution in [2.45, 2.75) is 52.5 Å². The van der Waals surface area contributed by atoms with Gasteiger partial charge in [-0.05, 0) is 44.1 Å². The van der Waals surface area contributed by atoms with E-state index in [0.717, 1.165) is 25.7 Å². The van der Waals surface area contributed by atoms with Gasteiger partial charge in [-0.2, -0.15) is 0 Å². The third kappa shape index (κ3) is 4.94. The molecule has 7 nitrogen and oxygen atoms in total. The predicted octanol–water partition coefficient (Wildman–Crippen LogP) is 6.11. The summed E-state index contributed by atoms with van der Waals surface area (Å²) in [6.45, 7) is 6.89. The molecule has 2 aromatic heterocycles. The number of amides is 1. The van der Waals surface area contributed by atoms with Crippen LogP contribution in [0.3, 0.4) is 0 Å². The van der Waals surface area contributed by atoms with Gasteiger partial charge in [0.25, 0.3) is 5.91 Å². The van der Waals surface area contributed by atoms with E-state index >= 15 is 0 Å². The molecule has 170 valence electrons. The maximum atomic E-state index is 13.1. The van der Waals surface area contributed by atoms with Gasteiger partial charge in [-0.3, -0.25) is 9.78 Å². The zero-order valence-electron chi connectivity index (χ0n) is 18.4. The first-order valence-electron chi connectivity index (χ1n) is 10.8. The van der Waals surface area contributed by atoms with Gasteiger partial charge in [-0.15, -0.1) is 0 Å². The van der Waals surface area contributed by atoms with E-state index in [1.165, 1.54) is 12.4 Å². The lowest BCUT2D eigenvalue weighted by molar-refractivity contribution is 0.0905. The molecule has 0 spiro atoms. The van der Waals surface area contributed by atoms with Crippen LogP contribution in [-0.4, -0.2) is 33.5 Å². The van der Waals surface area contributed by atoms with Crippen molar-refractivity contribution in [3.05, 3.63) is 40.1 Å². The highest BCUT2D eigenvalue weighted by molar-refractivity contribution is 6.39. The fraction of sp³-hybridized carbons (Fsp3) is 0.435. The molecule has 0 atom stereocenters. The molecule has 32 heavy (non-hydrogen) atoms. The minimum absolute atomic E-state index is 0.135. The number of benzene rings is 1. The zero-order chi connectivity index (χ0) is 22.9. The number of pyridine rings is 1. The van der Waals surface area contributed by atoms with Crippen LogP contribution >= 0.6 is 23.2 Å². The second kappa shape index (κ2) is 9.16. The molecule has 1 aliphatic rings. The number of nitrogens with zero attached hydrogens (tertiary/aromatic N) is 2. The van der Waals surface area contributed by atoms with Crippen LogP contribution in [-0.2, 0) is 0 Å². The van der Waals surface area contributed by atoms with Crippen molar-refractivity contribution < 1.29 is 9.53 Å². The molecule has 0 unspecified atom stereocenters. The summed E-state index contributed by atoms with van der Waals surface area (Å²) in [6, 6.07) is 3.72. The van der Waals surface area contributed by atoms with Crippen LogP contribution in [0.2, 0.25) is 10.0 Å². The molecular weight excluding hydrogens is 449 g/mol. The average molecular weight is 476 g/mol. The lowest BCUT2D eigenvalue weighted by Gasteiger charge is -2.34. The van der Waals surface area contributed by atoms with Crippen molar-refractivity contribution >= 4 is 51.8 Å². The third-order valence-electron chi connectivity index (χ3n) is 5.90. The first-order chi connectivity index (χ1) is 15.3. The van der Waals surface area contributed by atoms with Crippen molar-refractivity contribution in [1.29, 1.82) is 0 Å². The number of rotatable bonds is 6. The molecule has 1 aliphatic carbocycles. The first kappa shape index (κ1) is 22.7. The number of hydrogen-bond acceptors (Lipinski definition) is 5. The number of carbonyl (C=O) groups is 1. The second-order valence-corrected chi connectivity index (χ2v) is 9.71. The van der Waals surface area contributed by atoms with Crippen LogP contribution in [0.5, 0.6) is 5.75 Å². The molecule has 3 N–H and O–H groups in total. The summed E-state index contributed by atoms with van der Waals surface area (Å²) in [5, 5.41) is 7.04. The Morgan fingerprint density at radius 3 is 2.56 bits per heavy atom. The number of fused-ring (bicyclic) bond motifs is 1. The Bertz CT molecular complexity index is 1110. The van der Waals surface area contributed by atoms with Crippen molar-refractivity contribution in [3.63, 3.8) is 0 Å². The van der Waals surface area contributed by atoms with Gasteiger partial charge in [0.15, 0.2) is 0 Å². The molecule has 0 aliphatic heterocycles. The van der Waals surface area contributed by atoms with Crippen LogP contribution < -0.4 is 15.4 Å². The van der Waals surface area contributed by atoms with Crippen molar-refractivity contribution in [2.24, 2.45) is 5.41 Å². The van der Waals surface area contributed by atoms with Crippen molar-refractivity contribution in [3.8, 4) is 5.75 Å². The zero-order valence-corrected chi connectivity index (χ0v) is 19.9. The number of aromatic nitrogens is 3. The number of carbonyl (C=O) groups excluding carboxylic acids is 1. The molecule has 3 aromatic rings. The number of aromatic amines is 1. The number of imidazole rings is 1. The number of anilines is 2. The molecule has 9 heteroatoms. The van der Waals surface area contributed by atoms with Crippen LogP contribution in [0.4, 0.5) is 11.6 Å². The normalized spacial score (nSPS) is 16.2. The summed E-state index contributed by atoms with van der Waals surface area (Å²) in [7, 11) is 0. The minimum Gasteiger partial charge on any atom is -0.493 e. The highest BCUT2D eigenvalue weighted by Crippen LogP contribution is 2.36. The third-order valence-corrected chi connectivity index (χ3v) is 6.47. The van der Waals surface area contributed by atoms with E-state index in [4.69, 9.17) is 27.9 Å². The Kier molecular flexibility index (Phi) is 6.49. The van der Waals surface area contributed by atoms with Gasteiger partial charge in [-0.25, -0.2) is 4.98 Å². The van der Waals surface area contributed by atoms with Crippen LogP contribution in [0.1, 0.15) is 56.8 Å². The molecular formula is C23H27Cl2N5O2. The first-order valence-corrected chi connectivity index (χ1v) is 11.5. The fourth-order valence-electron chi connectivity index (χ4n) is 4.01. The highest BCUT2D eigenvalue weighted by atomic mass is 35.5. The molecule has 1 fully saturated rings. The molecule has 2 heterocycles. The van der Waals surface area contributed by atoms with Gasteiger partial charge in [0.2, 0.25) is 5.95 Å². The van der Waals surface area contributed by atoms with Crippen LogP contribution in [0.15, 0.2) is 24.5 Å². The predicted molar refractivity (Wildman–Crippen MR) is 128 cm³/mol. The van der Waals surface area contributed by atoms with Gasteiger partial charge < -0.3 is 20.4 Å². The van der Waals surface area contributed by atoms with Crippen LogP contribution in [0, 0.1) is 5.41 Å². The van der Waals surface area contributed by atoms with E-state index in [1.807, 2.05) is 6.92 Å². The molecule has 1 aromatic carbocycles. The SMILES string of the molecule is CCOc1cc2nc(Nc3c(Cl)cncc3Cl)[nH]c2cc1C(=O)NC1CCC(C)(C)CC1. The number of hydrogen-bond donors (Lipinski definition) is 3. The lowest BCUT2D eigenvalue weighted by atomic mass is 9.75. The van der Waals surface area contributed by atoms with Gasteiger partial charge in [0.1, 0.15) is 5.75 Å². The number of halogens is 2. The summed E-state index contributed by atoms with van der Waals surface area (Å²) in [5.74, 6) is 0.820. The Hall–Kier alpha value is -2.51. The molecule has 1 saturated carbocycles. The van der Waals surface area contributed by atoms with E-state index in [1.54, 1.807) is 12.1 Å². The van der Waals surface area contributed by atoms with E-state index in [2.05, 4.69) is 39.4 Å².